The molecule has 3 rings (SSSR count). The van der Waals surface area contributed by atoms with Crippen LogP contribution in [0.25, 0.3) is 22.3 Å². The van der Waals surface area contributed by atoms with Gasteiger partial charge in [0.25, 0.3) is 0 Å². The predicted octanol–water partition coefficient (Wildman–Crippen LogP) is 2.70. The summed E-state index contributed by atoms with van der Waals surface area (Å²) in [6.45, 7) is 4.62. The fourth-order valence-electron chi connectivity index (χ4n) is 2.29. The third kappa shape index (κ3) is 2.00. The monoisotopic (exact) mass is 252 g/mol. The van der Waals surface area contributed by atoms with Gasteiger partial charge in [0, 0.05) is 17.4 Å². The fourth-order valence-corrected chi connectivity index (χ4v) is 2.29. The molecule has 3 aromatic rings. The summed E-state index contributed by atoms with van der Waals surface area (Å²) in [7, 11) is 0. The Kier molecular flexibility index (Phi) is 2.80. The van der Waals surface area contributed by atoms with E-state index in [1.807, 2.05) is 0 Å². The van der Waals surface area contributed by atoms with Crippen LogP contribution in [-0.2, 0) is 6.54 Å². The lowest BCUT2D eigenvalue weighted by Gasteiger charge is -2.00. The minimum atomic E-state index is 0.415. The maximum atomic E-state index is 5.54. The van der Waals surface area contributed by atoms with Gasteiger partial charge in [-0.25, -0.2) is 0 Å². The summed E-state index contributed by atoms with van der Waals surface area (Å²) in [5.74, 6) is 0. The zero-order valence-corrected chi connectivity index (χ0v) is 11.1. The molecule has 0 radical (unpaired) electrons. The van der Waals surface area contributed by atoms with E-state index >= 15 is 0 Å². The number of aromatic amines is 1. The number of benzene rings is 1. The smallest absolute Gasteiger partial charge is 0.105 e. The van der Waals surface area contributed by atoms with Crippen LogP contribution in [0.15, 0.2) is 30.6 Å². The molecule has 3 N–H and O–H groups in total. The number of fused-ring (bicyclic) bond motifs is 1. The zero-order chi connectivity index (χ0) is 13.4. The first-order valence-corrected chi connectivity index (χ1v) is 6.29. The molecule has 4 heteroatoms. The van der Waals surface area contributed by atoms with E-state index in [4.69, 9.17) is 5.73 Å². The summed E-state index contributed by atoms with van der Waals surface area (Å²) < 4.78 is 0. The van der Waals surface area contributed by atoms with E-state index in [1.165, 1.54) is 16.5 Å². The average molecular weight is 252 g/mol. The van der Waals surface area contributed by atoms with Gasteiger partial charge in [0.2, 0.25) is 0 Å². The SMILES string of the molecule is Cc1ccc2[nH]c(-c3cnc(CN)cn3)c(C)c2c1. The molecule has 0 atom stereocenters. The largest absolute Gasteiger partial charge is 0.353 e. The fraction of sp³-hybridized carbons (Fsp3) is 0.200. The van der Waals surface area contributed by atoms with Gasteiger partial charge in [0.05, 0.1) is 23.8 Å². The zero-order valence-electron chi connectivity index (χ0n) is 11.1. The van der Waals surface area contributed by atoms with Crippen LogP contribution < -0.4 is 5.73 Å². The van der Waals surface area contributed by atoms with Crippen LogP contribution in [0.4, 0.5) is 0 Å². The minimum absolute atomic E-state index is 0.415. The molecule has 0 saturated carbocycles. The van der Waals surface area contributed by atoms with Crippen molar-refractivity contribution >= 4 is 10.9 Å². The lowest BCUT2D eigenvalue weighted by Crippen LogP contribution is -2.00. The molecule has 96 valence electrons. The Balaban J connectivity index is 2.16. The highest BCUT2D eigenvalue weighted by atomic mass is 14.8. The molecule has 0 amide bonds. The van der Waals surface area contributed by atoms with Crippen molar-refractivity contribution in [2.75, 3.05) is 0 Å². The Morgan fingerprint density at radius 3 is 2.68 bits per heavy atom. The number of aromatic nitrogens is 3. The van der Waals surface area contributed by atoms with E-state index in [-0.39, 0.29) is 0 Å². The molecule has 4 nitrogen and oxygen atoms in total. The molecule has 0 aliphatic heterocycles. The normalized spacial score (nSPS) is 11.1. The average Bonchev–Trinajstić information content (AvgIpc) is 2.76. The van der Waals surface area contributed by atoms with Crippen LogP contribution in [0, 0.1) is 13.8 Å². The van der Waals surface area contributed by atoms with E-state index in [0.29, 0.717) is 6.54 Å². The quantitative estimate of drug-likeness (QED) is 0.736. The number of H-pyrrole nitrogens is 1. The first-order valence-electron chi connectivity index (χ1n) is 6.29. The van der Waals surface area contributed by atoms with Gasteiger partial charge in [-0.1, -0.05) is 11.6 Å². The lowest BCUT2D eigenvalue weighted by atomic mass is 10.1. The molecule has 0 fully saturated rings. The summed E-state index contributed by atoms with van der Waals surface area (Å²) in [4.78, 5) is 12.1. The number of nitrogens with zero attached hydrogens (tertiary/aromatic N) is 2. The lowest BCUT2D eigenvalue weighted by molar-refractivity contribution is 0.964. The molecule has 0 spiro atoms. The van der Waals surface area contributed by atoms with Gasteiger partial charge in [-0.2, -0.15) is 0 Å². The van der Waals surface area contributed by atoms with Crippen molar-refractivity contribution in [1.82, 2.24) is 15.0 Å². The molecule has 1 aromatic carbocycles. The summed E-state index contributed by atoms with van der Waals surface area (Å²) in [6, 6.07) is 6.39. The number of hydrogen-bond acceptors (Lipinski definition) is 3. The number of aryl methyl sites for hydroxylation is 2. The summed E-state index contributed by atoms with van der Waals surface area (Å²) in [5.41, 5.74) is 11.8. The van der Waals surface area contributed by atoms with Crippen LogP contribution >= 0.6 is 0 Å². The molecule has 0 aliphatic rings. The molecule has 0 saturated heterocycles. The second kappa shape index (κ2) is 4.48. The second-order valence-corrected chi connectivity index (χ2v) is 4.77. The van der Waals surface area contributed by atoms with Gasteiger partial charge in [-0.3, -0.25) is 9.97 Å². The highest BCUT2D eigenvalue weighted by molar-refractivity contribution is 5.90. The number of hydrogen-bond donors (Lipinski definition) is 2. The molecule has 19 heavy (non-hydrogen) atoms. The number of nitrogens with one attached hydrogen (secondary N) is 1. The van der Waals surface area contributed by atoms with Gasteiger partial charge in [0.1, 0.15) is 5.69 Å². The van der Waals surface area contributed by atoms with Crippen molar-refractivity contribution in [2.24, 2.45) is 5.73 Å². The second-order valence-electron chi connectivity index (χ2n) is 4.77. The van der Waals surface area contributed by atoms with Crippen LogP contribution in [-0.4, -0.2) is 15.0 Å². The minimum Gasteiger partial charge on any atom is -0.353 e. The van der Waals surface area contributed by atoms with Crippen molar-refractivity contribution in [2.45, 2.75) is 20.4 Å². The molecule has 0 bridgehead atoms. The van der Waals surface area contributed by atoms with E-state index in [1.54, 1.807) is 12.4 Å². The Labute approximate surface area is 111 Å². The number of nitrogens with two attached hydrogens (primary N) is 1. The summed E-state index contributed by atoms with van der Waals surface area (Å²) >= 11 is 0. The van der Waals surface area contributed by atoms with Crippen molar-refractivity contribution in [3.63, 3.8) is 0 Å². The summed E-state index contributed by atoms with van der Waals surface area (Å²) in [5, 5.41) is 1.24. The van der Waals surface area contributed by atoms with E-state index in [2.05, 4.69) is 47.0 Å². The van der Waals surface area contributed by atoms with E-state index < -0.39 is 0 Å². The third-order valence-corrected chi connectivity index (χ3v) is 3.38. The van der Waals surface area contributed by atoms with Crippen molar-refractivity contribution in [3.8, 4) is 11.4 Å². The molecular weight excluding hydrogens is 236 g/mol. The van der Waals surface area contributed by atoms with Crippen LogP contribution in [0.1, 0.15) is 16.8 Å². The number of rotatable bonds is 2. The first kappa shape index (κ1) is 11.9. The van der Waals surface area contributed by atoms with Crippen molar-refractivity contribution in [3.05, 3.63) is 47.4 Å². The van der Waals surface area contributed by atoms with E-state index in [9.17, 15) is 0 Å². The topological polar surface area (TPSA) is 67.6 Å². The maximum Gasteiger partial charge on any atom is 0.105 e. The third-order valence-electron chi connectivity index (χ3n) is 3.38. The van der Waals surface area contributed by atoms with Gasteiger partial charge < -0.3 is 10.7 Å². The summed E-state index contributed by atoms with van der Waals surface area (Å²) in [6.07, 6.45) is 3.50. The molecule has 2 heterocycles. The Morgan fingerprint density at radius 2 is 2.00 bits per heavy atom. The van der Waals surface area contributed by atoms with E-state index in [0.717, 1.165) is 22.6 Å². The molecule has 0 unspecified atom stereocenters. The van der Waals surface area contributed by atoms with Gasteiger partial charge in [0.15, 0.2) is 0 Å². The molecule has 2 aromatic heterocycles. The first-order chi connectivity index (χ1) is 9.19. The van der Waals surface area contributed by atoms with Crippen LogP contribution in [0.3, 0.4) is 0 Å². The van der Waals surface area contributed by atoms with Crippen LogP contribution in [0.2, 0.25) is 0 Å². The van der Waals surface area contributed by atoms with Gasteiger partial charge in [-0.15, -0.1) is 0 Å². The van der Waals surface area contributed by atoms with Crippen molar-refractivity contribution < 1.29 is 0 Å². The van der Waals surface area contributed by atoms with Gasteiger partial charge in [-0.05, 0) is 31.5 Å². The molecular formula is C15H16N4. The Morgan fingerprint density at radius 1 is 1.16 bits per heavy atom. The molecule has 0 aliphatic carbocycles. The van der Waals surface area contributed by atoms with Gasteiger partial charge >= 0.3 is 0 Å². The Hall–Kier alpha value is -2.20. The highest BCUT2D eigenvalue weighted by Crippen LogP contribution is 2.28. The Bertz CT molecular complexity index is 726. The maximum absolute atomic E-state index is 5.54. The van der Waals surface area contributed by atoms with Crippen LogP contribution in [0.5, 0.6) is 0 Å². The van der Waals surface area contributed by atoms with Crippen molar-refractivity contribution in [1.29, 1.82) is 0 Å². The standard InChI is InChI=1S/C15H16N4/c1-9-3-4-13-12(5-9)10(2)15(19-13)14-8-17-11(6-16)7-18-14/h3-5,7-8,19H,6,16H2,1-2H3. The highest BCUT2D eigenvalue weighted by Gasteiger charge is 2.10. The predicted molar refractivity (Wildman–Crippen MR) is 76.7 cm³/mol.